The molecule has 25 heavy (non-hydrogen) atoms. The van der Waals surface area contributed by atoms with Crippen LogP contribution < -0.4 is 10.1 Å². The number of carbonyl (C=O) groups is 2. The van der Waals surface area contributed by atoms with Gasteiger partial charge in [0.25, 0.3) is 5.91 Å². The van der Waals surface area contributed by atoms with Crippen molar-refractivity contribution in [1.82, 2.24) is 5.32 Å². The van der Waals surface area contributed by atoms with Gasteiger partial charge in [0.1, 0.15) is 18.0 Å². The topological polar surface area (TPSA) is 95.9 Å². The number of carbonyl (C=O) groups excluding carboxylic acids is 1. The van der Waals surface area contributed by atoms with Crippen molar-refractivity contribution in [2.75, 3.05) is 13.2 Å². The van der Waals surface area contributed by atoms with Gasteiger partial charge in [-0.25, -0.2) is 0 Å². The summed E-state index contributed by atoms with van der Waals surface area (Å²) in [5.74, 6) is -0.576. The van der Waals surface area contributed by atoms with Crippen molar-refractivity contribution >= 4 is 11.9 Å². The minimum absolute atomic E-state index is 0.279. The fourth-order valence-corrected chi connectivity index (χ4v) is 2.29. The van der Waals surface area contributed by atoms with Crippen LogP contribution in [-0.4, -0.2) is 35.2 Å². The second-order valence-electron chi connectivity index (χ2n) is 5.58. The summed E-state index contributed by atoms with van der Waals surface area (Å²) in [6, 6.07) is 13.8. The Morgan fingerprint density at radius 2 is 1.80 bits per heavy atom. The van der Waals surface area contributed by atoms with E-state index >= 15 is 0 Å². The molecule has 3 N–H and O–H groups in total. The number of carboxylic acid groups (broad SMARTS) is 1. The Balaban J connectivity index is 1.69. The summed E-state index contributed by atoms with van der Waals surface area (Å²) < 4.78 is 5.63. The summed E-state index contributed by atoms with van der Waals surface area (Å²) in [4.78, 5) is 22.1. The van der Waals surface area contributed by atoms with Crippen LogP contribution in [0.2, 0.25) is 0 Å². The molecule has 6 heteroatoms. The smallest absolute Gasteiger partial charge is 0.322 e. The number of carboxylic acids is 1. The number of phenolic OH excluding ortho intramolecular Hbond substituents is 1. The summed E-state index contributed by atoms with van der Waals surface area (Å²) in [5.41, 5.74) is 1.48. The van der Waals surface area contributed by atoms with E-state index in [1.54, 1.807) is 36.4 Å². The van der Waals surface area contributed by atoms with Gasteiger partial charge in [-0.1, -0.05) is 12.1 Å². The molecule has 132 valence electrons. The summed E-state index contributed by atoms with van der Waals surface area (Å²) in [6.07, 6.45) is 2.69. The van der Waals surface area contributed by atoms with E-state index in [1.807, 2.05) is 12.1 Å². The molecule has 2 aromatic rings. The highest BCUT2D eigenvalue weighted by Crippen LogP contribution is 2.15. The quantitative estimate of drug-likeness (QED) is 0.608. The largest absolute Gasteiger partial charge is 0.508 e. The molecule has 2 rings (SSSR count). The lowest BCUT2D eigenvalue weighted by Crippen LogP contribution is -2.29. The molecule has 0 saturated carbocycles. The lowest BCUT2D eigenvalue weighted by molar-refractivity contribution is -0.135. The van der Waals surface area contributed by atoms with E-state index in [2.05, 4.69) is 5.32 Å². The van der Waals surface area contributed by atoms with Crippen LogP contribution in [0.15, 0.2) is 48.5 Å². The maximum absolute atomic E-state index is 11.7. The number of aryl methyl sites for hydroxylation is 1. The van der Waals surface area contributed by atoms with Crippen LogP contribution in [0.4, 0.5) is 0 Å². The Bertz CT molecular complexity index is 712. The van der Waals surface area contributed by atoms with E-state index < -0.39 is 18.4 Å². The Morgan fingerprint density at radius 1 is 1.04 bits per heavy atom. The van der Waals surface area contributed by atoms with Crippen molar-refractivity contribution in [2.45, 2.75) is 19.3 Å². The van der Waals surface area contributed by atoms with Gasteiger partial charge in [0.05, 0.1) is 6.61 Å². The van der Waals surface area contributed by atoms with Crippen LogP contribution in [0, 0.1) is 0 Å². The summed E-state index contributed by atoms with van der Waals surface area (Å²) in [5, 5.41) is 20.2. The van der Waals surface area contributed by atoms with Crippen LogP contribution >= 0.6 is 0 Å². The molecule has 0 aliphatic rings. The lowest BCUT2D eigenvalue weighted by Gasteiger charge is -2.08. The number of unbranched alkanes of at least 4 members (excludes halogenated alkanes) is 1. The minimum atomic E-state index is -1.08. The van der Waals surface area contributed by atoms with Crippen molar-refractivity contribution < 1.29 is 24.5 Å². The fourth-order valence-electron chi connectivity index (χ4n) is 2.29. The van der Waals surface area contributed by atoms with E-state index in [1.165, 1.54) is 0 Å². The van der Waals surface area contributed by atoms with Crippen molar-refractivity contribution in [3.63, 3.8) is 0 Å². The van der Waals surface area contributed by atoms with E-state index in [9.17, 15) is 14.7 Å². The molecule has 0 unspecified atom stereocenters. The van der Waals surface area contributed by atoms with Crippen molar-refractivity contribution in [3.05, 3.63) is 59.7 Å². The minimum Gasteiger partial charge on any atom is -0.508 e. The Kier molecular flexibility index (Phi) is 6.83. The molecule has 0 aromatic heterocycles. The number of hydrogen-bond donors (Lipinski definition) is 3. The fraction of sp³-hybridized carbons (Fsp3) is 0.263. The molecule has 0 atom stereocenters. The number of ether oxygens (including phenoxy) is 1. The van der Waals surface area contributed by atoms with Gasteiger partial charge in [-0.3, -0.25) is 9.59 Å². The predicted octanol–water partition coefficient (Wildman–Crippen LogP) is 2.61. The van der Waals surface area contributed by atoms with Crippen molar-refractivity contribution in [2.24, 2.45) is 0 Å². The Labute approximate surface area is 146 Å². The molecule has 6 nitrogen and oxygen atoms in total. The summed E-state index contributed by atoms with van der Waals surface area (Å²) in [7, 11) is 0. The molecule has 0 saturated heterocycles. The molecule has 0 aliphatic heterocycles. The number of benzene rings is 2. The zero-order chi connectivity index (χ0) is 18.1. The number of aromatic hydroxyl groups is 1. The summed E-state index contributed by atoms with van der Waals surface area (Å²) in [6.45, 7) is 0.152. The monoisotopic (exact) mass is 343 g/mol. The number of nitrogens with one attached hydrogen (secondary N) is 1. The number of hydrogen-bond acceptors (Lipinski definition) is 4. The Morgan fingerprint density at radius 3 is 2.48 bits per heavy atom. The molecule has 0 bridgehead atoms. The average Bonchev–Trinajstić information content (AvgIpc) is 2.60. The van der Waals surface area contributed by atoms with Gasteiger partial charge in [-0.15, -0.1) is 0 Å². The molecule has 2 aromatic carbocycles. The van der Waals surface area contributed by atoms with Crippen molar-refractivity contribution in [1.29, 1.82) is 0 Å². The third-order valence-corrected chi connectivity index (χ3v) is 3.56. The number of aliphatic carboxylic acids is 1. The molecule has 0 radical (unpaired) electrons. The number of amides is 1. The molecule has 0 spiro atoms. The standard InChI is InChI=1S/C19H21NO5/c21-16-6-3-5-14(12-16)4-1-2-11-25-17-9-7-15(8-10-17)19(24)20-13-18(22)23/h3,5-10,12,21H,1-2,4,11,13H2,(H,20,24)(H,22,23). The molecule has 0 aliphatic carbocycles. The molecule has 0 heterocycles. The average molecular weight is 343 g/mol. The van der Waals surface area contributed by atoms with Crippen molar-refractivity contribution in [3.8, 4) is 11.5 Å². The van der Waals surface area contributed by atoms with Crippen LogP contribution in [0.1, 0.15) is 28.8 Å². The second kappa shape index (κ2) is 9.32. The van der Waals surface area contributed by atoms with Gasteiger partial charge in [-0.2, -0.15) is 0 Å². The van der Waals surface area contributed by atoms with Gasteiger partial charge in [-0.05, 0) is 61.2 Å². The number of phenols is 1. The zero-order valence-electron chi connectivity index (χ0n) is 13.8. The predicted molar refractivity (Wildman–Crippen MR) is 93.0 cm³/mol. The van der Waals surface area contributed by atoms with Gasteiger partial charge in [0.2, 0.25) is 0 Å². The first-order valence-electron chi connectivity index (χ1n) is 8.05. The molecule has 1 amide bonds. The highest BCUT2D eigenvalue weighted by atomic mass is 16.5. The maximum Gasteiger partial charge on any atom is 0.322 e. The second-order valence-corrected chi connectivity index (χ2v) is 5.58. The van der Waals surface area contributed by atoms with Gasteiger partial charge < -0.3 is 20.3 Å². The maximum atomic E-state index is 11.7. The van der Waals surface area contributed by atoms with Crippen LogP contribution in [-0.2, 0) is 11.2 Å². The molecular formula is C19H21NO5. The third-order valence-electron chi connectivity index (χ3n) is 3.56. The first-order chi connectivity index (χ1) is 12.0. The summed E-state index contributed by atoms with van der Waals surface area (Å²) >= 11 is 0. The highest BCUT2D eigenvalue weighted by molar-refractivity contribution is 5.95. The SMILES string of the molecule is O=C(O)CNC(=O)c1ccc(OCCCCc2cccc(O)c2)cc1. The van der Waals surface area contributed by atoms with E-state index in [0.29, 0.717) is 17.9 Å². The van der Waals surface area contributed by atoms with Gasteiger partial charge in [0, 0.05) is 5.56 Å². The third kappa shape index (κ3) is 6.55. The molecular weight excluding hydrogens is 322 g/mol. The van der Waals surface area contributed by atoms with Crippen LogP contribution in [0.25, 0.3) is 0 Å². The number of rotatable bonds is 9. The van der Waals surface area contributed by atoms with E-state index in [4.69, 9.17) is 9.84 Å². The van der Waals surface area contributed by atoms with E-state index in [0.717, 1.165) is 24.8 Å². The van der Waals surface area contributed by atoms with Crippen LogP contribution in [0.5, 0.6) is 11.5 Å². The Hall–Kier alpha value is -3.02. The normalized spacial score (nSPS) is 10.2. The van der Waals surface area contributed by atoms with E-state index in [-0.39, 0.29) is 5.75 Å². The molecule has 0 fully saturated rings. The first-order valence-corrected chi connectivity index (χ1v) is 8.05. The first kappa shape index (κ1) is 18.3. The van der Waals surface area contributed by atoms with Gasteiger partial charge in [0.15, 0.2) is 0 Å². The van der Waals surface area contributed by atoms with Crippen LogP contribution in [0.3, 0.4) is 0 Å². The highest BCUT2D eigenvalue weighted by Gasteiger charge is 2.07. The van der Waals surface area contributed by atoms with Gasteiger partial charge >= 0.3 is 5.97 Å². The lowest BCUT2D eigenvalue weighted by atomic mass is 10.1. The zero-order valence-corrected chi connectivity index (χ0v) is 13.8.